The molecule has 4 heterocycles. The molecule has 4 rings (SSSR count). The molecule has 8 nitrogen and oxygen atoms in total. The molecule has 0 aromatic carbocycles. The lowest BCUT2D eigenvalue weighted by Crippen LogP contribution is -2.11. The number of rotatable bonds is 7. The Morgan fingerprint density at radius 3 is 3.00 bits per heavy atom. The number of hydrogen-bond acceptors (Lipinski definition) is 6. The zero-order valence-electron chi connectivity index (χ0n) is 15.3. The van der Waals surface area contributed by atoms with Crippen molar-refractivity contribution >= 4 is 22.8 Å². The number of hydrogen-bond donors (Lipinski definition) is 2. The molecule has 142 valence electrons. The van der Waals surface area contributed by atoms with E-state index >= 15 is 0 Å². The molecule has 28 heavy (non-hydrogen) atoms. The van der Waals surface area contributed by atoms with Crippen molar-refractivity contribution in [1.82, 2.24) is 20.1 Å². The van der Waals surface area contributed by atoms with Gasteiger partial charge in [-0.15, -0.1) is 0 Å². The summed E-state index contributed by atoms with van der Waals surface area (Å²) in [7, 11) is 0. The second kappa shape index (κ2) is 7.91. The maximum Gasteiger partial charge on any atom is 0.261 e. The summed E-state index contributed by atoms with van der Waals surface area (Å²) in [6.45, 7) is 2.29. The highest BCUT2D eigenvalue weighted by Gasteiger charge is 2.16. The Kier molecular flexibility index (Phi) is 5.01. The highest BCUT2D eigenvalue weighted by molar-refractivity contribution is 6.11. The minimum absolute atomic E-state index is 0.291. The van der Waals surface area contributed by atoms with Crippen LogP contribution < -0.4 is 10.1 Å². The van der Waals surface area contributed by atoms with E-state index in [1.165, 1.54) is 0 Å². The van der Waals surface area contributed by atoms with E-state index in [9.17, 15) is 4.79 Å². The van der Waals surface area contributed by atoms with Gasteiger partial charge in [-0.2, -0.15) is 0 Å². The number of nitrogens with zero attached hydrogens (tertiary/aromatic N) is 3. The highest BCUT2D eigenvalue weighted by Crippen LogP contribution is 2.21. The van der Waals surface area contributed by atoms with Gasteiger partial charge in [-0.25, -0.2) is 4.98 Å². The number of H-pyrrole nitrogens is 1. The van der Waals surface area contributed by atoms with Gasteiger partial charge < -0.3 is 14.2 Å². The van der Waals surface area contributed by atoms with E-state index < -0.39 is 0 Å². The van der Waals surface area contributed by atoms with Gasteiger partial charge in [-0.1, -0.05) is 11.2 Å². The van der Waals surface area contributed by atoms with Crippen LogP contribution in [0.15, 0.2) is 53.3 Å². The largest absolute Gasteiger partial charge is 0.478 e. The number of aromatic amines is 1. The third-order valence-corrected chi connectivity index (χ3v) is 4.16. The van der Waals surface area contributed by atoms with Crippen LogP contribution in [0.25, 0.3) is 11.0 Å². The fourth-order valence-corrected chi connectivity index (χ4v) is 2.81. The molecule has 0 radical (unpaired) electrons. The van der Waals surface area contributed by atoms with Crippen LogP contribution in [0.5, 0.6) is 5.88 Å². The van der Waals surface area contributed by atoms with Crippen molar-refractivity contribution in [2.75, 3.05) is 11.9 Å². The second-order valence-corrected chi connectivity index (χ2v) is 6.31. The molecule has 8 heteroatoms. The molecule has 0 aliphatic rings. The number of aromatic nitrogens is 4. The fraction of sp³-hybridized carbons (Fsp3) is 0.200. The Labute approximate surface area is 160 Å². The van der Waals surface area contributed by atoms with Crippen molar-refractivity contribution in [3.63, 3.8) is 0 Å². The minimum atomic E-state index is -0.331. The number of anilines is 1. The van der Waals surface area contributed by atoms with E-state index in [4.69, 9.17) is 9.26 Å². The van der Waals surface area contributed by atoms with Crippen molar-refractivity contribution < 1.29 is 14.1 Å². The van der Waals surface area contributed by atoms with Gasteiger partial charge in [-0.05, 0) is 38.0 Å². The SMILES string of the molecule is Cc1cc(NC(=O)c2c[nH]c3ccc(OCCCc4ccccn4)nc23)on1. The van der Waals surface area contributed by atoms with E-state index in [0.29, 0.717) is 35.1 Å². The fourth-order valence-electron chi connectivity index (χ4n) is 2.81. The third kappa shape index (κ3) is 4.01. The zero-order valence-corrected chi connectivity index (χ0v) is 15.3. The number of aryl methyl sites for hydroxylation is 2. The van der Waals surface area contributed by atoms with Crippen LogP contribution in [0.2, 0.25) is 0 Å². The Bertz CT molecular complexity index is 1090. The van der Waals surface area contributed by atoms with Gasteiger partial charge >= 0.3 is 0 Å². The van der Waals surface area contributed by atoms with Crippen LogP contribution in [-0.2, 0) is 6.42 Å². The van der Waals surface area contributed by atoms with Crippen LogP contribution >= 0.6 is 0 Å². The highest BCUT2D eigenvalue weighted by atomic mass is 16.5. The van der Waals surface area contributed by atoms with Crippen molar-refractivity contribution in [3.8, 4) is 5.88 Å². The van der Waals surface area contributed by atoms with Crippen LogP contribution in [-0.4, -0.2) is 32.6 Å². The summed E-state index contributed by atoms with van der Waals surface area (Å²) in [5, 5.41) is 6.42. The molecule has 0 fully saturated rings. The van der Waals surface area contributed by atoms with E-state index in [2.05, 4.69) is 25.4 Å². The first-order valence-corrected chi connectivity index (χ1v) is 8.94. The van der Waals surface area contributed by atoms with Gasteiger partial charge in [0.05, 0.1) is 23.4 Å². The van der Waals surface area contributed by atoms with Crippen molar-refractivity contribution in [3.05, 3.63) is 65.7 Å². The molecule has 1 amide bonds. The summed E-state index contributed by atoms with van der Waals surface area (Å²) >= 11 is 0. The predicted molar refractivity (Wildman–Crippen MR) is 103 cm³/mol. The number of amides is 1. The topological polar surface area (TPSA) is 106 Å². The molecule has 4 aromatic heterocycles. The van der Waals surface area contributed by atoms with Gasteiger partial charge in [0.1, 0.15) is 5.52 Å². The Hall–Kier alpha value is -3.68. The average molecular weight is 377 g/mol. The van der Waals surface area contributed by atoms with Gasteiger partial charge in [-0.3, -0.25) is 15.1 Å². The Morgan fingerprint density at radius 1 is 1.29 bits per heavy atom. The van der Waals surface area contributed by atoms with Crippen LogP contribution in [0.1, 0.15) is 28.2 Å². The number of nitrogens with one attached hydrogen (secondary N) is 2. The van der Waals surface area contributed by atoms with Gasteiger partial charge in [0.15, 0.2) is 0 Å². The monoisotopic (exact) mass is 377 g/mol. The zero-order chi connectivity index (χ0) is 19.3. The predicted octanol–water partition coefficient (Wildman–Crippen LogP) is 3.52. The molecular weight excluding hydrogens is 358 g/mol. The molecule has 0 atom stereocenters. The number of carbonyl (C=O) groups excluding carboxylic acids is 1. The lowest BCUT2D eigenvalue weighted by atomic mass is 10.2. The standard InChI is InChI=1S/C20H19N5O3/c1-13-11-18(28-25-13)24-20(26)15-12-22-16-7-8-17(23-19(15)16)27-10-4-6-14-5-2-3-9-21-14/h2-3,5,7-9,11-12,22H,4,6,10H2,1H3,(H,24,26). The van der Waals surface area contributed by atoms with Crippen molar-refractivity contribution in [2.24, 2.45) is 0 Å². The Balaban J connectivity index is 1.41. The van der Waals surface area contributed by atoms with Crippen LogP contribution in [0, 0.1) is 6.92 Å². The van der Waals surface area contributed by atoms with E-state index in [-0.39, 0.29) is 5.91 Å². The normalized spacial score (nSPS) is 10.9. The summed E-state index contributed by atoms with van der Waals surface area (Å²) in [4.78, 5) is 24.3. The summed E-state index contributed by atoms with van der Waals surface area (Å²) in [5.41, 5.74) is 3.41. The second-order valence-electron chi connectivity index (χ2n) is 6.31. The smallest absolute Gasteiger partial charge is 0.261 e. The molecule has 0 unspecified atom stereocenters. The first-order chi connectivity index (χ1) is 13.7. The number of ether oxygens (including phenoxy) is 1. The quantitative estimate of drug-likeness (QED) is 0.477. The average Bonchev–Trinajstić information content (AvgIpc) is 3.31. The molecule has 0 spiro atoms. The molecule has 0 aliphatic carbocycles. The van der Waals surface area contributed by atoms with E-state index in [1.807, 2.05) is 24.3 Å². The molecule has 2 N–H and O–H groups in total. The Morgan fingerprint density at radius 2 is 2.21 bits per heavy atom. The molecule has 4 aromatic rings. The lowest BCUT2D eigenvalue weighted by molar-refractivity contribution is 0.102. The van der Waals surface area contributed by atoms with Crippen molar-refractivity contribution in [1.29, 1.82) is 0 Å². The van der Waals surface area contributed by atoms with Crippen LogP contribution in [0.4, 0.5) is 5.88 Å². The number of fused-ring (bicyclic) bond motifs is 1. The molecule has 0 bridgehead atoms. The van der Waals surface area contributed by atoms with Gasteiger partial charge in [0, 0.05) is 30.2 Å². The summed E-state index contributed by atoms with van der Waals surface area (Å²) < 4.78 is 10.8. The van der Waals surface area contributed by atoms with Gasteiger partial charge in [0.2, 0.25) is 11.8 Å². The summed E-state index contributed by atoms with van der Waals surface area (Å²) in [6, 6.07) is 11.1. The van der Waals surface area contributed by atoms with Crippen LogP contribution in [0.3, 0.4) is 0 Å². The maximum atomic E-state index is 12.5. The summed E-state index contributed by atoms with van der Waals surface area (Å²) in [5.74, 6) is 0.429. The summed E-state index contributed by atoms with van der Waals surface area (Å²) in [6.07, 6.45) is 5.05. The number of pyridine rings is 2. The third-order valence-electron chi connectivity index (χ3n) is 4.16. The number of carbonyl (C=O) groups is 1. The molecule has 0 aliphatic heterocycles. The maximum absolute atomic E-state index is 12.5. The lowest BCUT2D eigenvalue weighted by Gasteiger charge is -2.06. The van der Waals surface area contributed by atoms with Gasteiger partial charge in [0.25, 0.3) is 5.91 Å². The molecule has 0 saturated carbocycles. The first kappa shape index (κ1) is 17.7. The minimum Gasteiger partial charge on any atom is -0.478 e. The molecular formula is C20H19N5O3. The first-order valence-electron chi connectivity index (χ1n) is 8.94. The van der Waals surface area contributed by atoms with E-state index in [0.717, 1.165) is 24.1 Å². The van der Waals surface area contributed by atoms with Crippen molar-refractivity contribution in [2.45, 2.75) is 19.8 Å². The molecule has 0 saturated heterocycles. The van der Waals surface area contributed by atoms with E-state index in [1.54, 1.807) is 31.5 Å².